The molecule has 0 saturated carbocycles. The van der Waals surface area contributed by atoms with Crippen LogP contribution < -0.4 is 5.32 Å². The van der Waals surface area contributed by atoms with Crippen molar-refractivity contribution in [1.29, 1.82) is 0 Å². The molecule has 1 N–H and O–H groups in total. The van der Waals surface area contributed by atoms with Gasteiger partial charge in [0.15, 0.2) is 0 Å². The minimum atomic E-state index is -0.763. The molecular weight excluding hydrogens is 367 g/mol. The average molecular weight is 388 g/mol. The van der Waals surface area contributed by atoms with Gasteiger partial charge in [0.2, 0.25) is 5.91 Å². The molecule has 1 aliphatic rings. The zero-order valence-electron chi connectivity index (χ0n) is 16.0. The maximum atomic E-state index is 13.9. The lowest BCUT2D eigenvalue weighted by Crippen LogP contribution is -2.40. The number of benzene rings is 3. The summed E-state index contributed by atoms with van der Waals surface area (Å²) in [6.07, 6.45) is 0. The van der Waals surface area contributed by atoms with Gasteiger partial charge in [-0.3, -0.25) is 9.59 Å². The largest absolute Gasteiger partial charge is 0.350 e. The molecule has 146 valence electrons. The molecule has 0 fully saturated rings. The molecule has 2 atom stereocenters. The van der Waals surface area contributed by atoms with Crippen LogP contribution in [0.5, 0.6) is 0 Å². The van der Waals surface area contributed by atoms with Crippen LogP contribution in [0.25, 0.3) is 0 Å². The van der Waals surface area contributed by atoms with Crippen molar-refractivity contribution >= 4 is 11.8 Å². The van der Waals surface area contributed by atoms with E-state index < -0.39 is 6.04 Å². The maximum absolute atomic E-state index is 13.9. The maximum Gasteiger partial charge on any atom is 0.255 e. The van der Waals surface area contributed by atoms with Crippen LogP contribution in [0.1, 0.15) is 46.1 Å². The number of carbonyl (C=O) groups is 2. The van der Waals surface area contributed by atoms with Gasteiger partial charge in [-0.1, -0.05) is 66.7 Å². The number of halogens is 1. The second-order valence-electron chi connectivity index (χ2n) is 7.10. The zero-order chi connectivity index (χ0) is 20.4. The van der Waals surface area contributed by atoms with Gasteiger partial charge in [0.05, 0.1) is 6.04 Å². The number of fused-ring (bicyclic) bond motifs is 1. The van der Waals surface area contributed by atoms with Crippen LogP contribution in [0.3, 0.4) is 0 Å². The SMILES string of the molecule is CC(c1ccccc1)N1C(=O)c2ccccc2C1C(=O)NCc1ccccc1F. The number of nitrogens with zero attached hydrogens (tertiary/aromatic N) is 1. The average Bonchev–Trinajstić information content (AvgIpc) is 3.06. The summed E-state index contributed by atoms with van der Waals surface area (Å²) >= 11 is 0. The van der Waals surface area contributed by atoms with Gasteiger partial charge >= 0.3 is 0 Å². The normalized spacial score (nSPS) is 16.4. The summed E-state index contributed by atoms with van der Waals surface area (Å²) in [4.78, 5) is 27.9. The van der Waals surface area contributed by atoms with Crippen molar-refractivity contribution in [3.63, 3.8) is 0 Å². The number of hydrogen-bond acceptors (Lipinski definition) is 2. The lowest BCUT2D eigenvalue weighted by molar-refractivity contribution is -0.126. The molecular formula is C24H21FN2O2. The molecule has 0 bridgehead atoms. The van der Waals surface area contributed by atoms with E-state index in [1.54, 1.807) is 41.3 Å². The molecule has 4 nitrogen and oxygen atoms in total. The van der Waals surface area contributed by atoms with E-state index in [0.29, 0.717) is 16.7 Å². The van der Waals surface area contributed by atoms with Crippen molar-refractivity contribution in [3.05, 3.63) is 107 Å². The monoisotopic (exact) mass is 388 g/mol. The summed E-state index contributed by atoms with van der Waals surface area (Å²) in [5.74, 6) is -0.873. The Hall–Kier alpha value is -3.47. The highest BCUT2D eigenvalue weighted by atomic mass is 19.1. The number of hydrogen-bond donors (Lipinski definition) is 1. The highest BCUT2D eigenvalue weighted by molar-refractivity contribution is 6.04. The molecule has 3 aromatic rings. The molecule has 0 aromatic heterocycles. The Morgan fingerprint density at radius 1 is 1.00 bits per heavy atom. The van der Waals surface area contributed by atoms with Gasteiger partial charge in [0.1, 0.15) is 11.9 Å². The van der Waals surface area contributed by atoms with E-state index in [-0.39, 0.29) is 30.2 Å². The quantitative estimate of drug-likeness (QED) is 0.704. The summed E-state index contributed by atoms with van der Waals surface area (Å²) in [5.41, 5.74) is 2.55. The predicted octanol–water partition coefficient (Wildman–Crippen LogP) is 4.40. The minimum absolute atomic E-state index is 0.0614. The number of amides is 2. The molecule has 0 radical (unpaired) electrons. The van der Waals surface area contributed by atoms with Gasteiger partial charge in [-0.05, 0) is 30.2 Å². The topological polar surface area (TPSA) is 49.4 Å². The molecule has 3 aromatic carbocycles. The fourth-order valence-corrected chi connectivity index (χ4v) is 3.82. The molecule has 4 rings (SSSR count). The second kappa shape index (κ2) is 7.87. The number of nitrogens with one attached hydrogen (secondary N) is 1. The summed E-state index contributed by atoms with van der Waals surface area (Å²) in [6, 6.07) is 22.0. The van der Waals surface area contributed by atoms with Crippen molar-refractivity contribution < 1.29 is 14.0 Å². The first-order chi connectivity index (χ1) is 14.1. The highest BCUT2D eigenvalue weighted by Crippen LogP contribution is 2.39. The van der Waals surface area contributed by atoms with E-state index in [2.05, 4.69) is 5.32 Å². The van der Waals surface area contributed by atoms with Crippen LogP contribution >= 0.6 is 0 Å². The number of carbonyl (C=O) groups excluding carboxylic acids is 2. The Labute approximate surface area is 169 Å². The minimum Gasteiger partial charge on any atom is -0.350 e. The van der Waals surface area contributed by atoms with Gasteiger partial charge in [0.25, 0.3) is 5.91 Å². The van der Waals surface area contributed by atoms with Crippen LogP contribution in [0, 0.1) is 5.82 Å². The summed E-state index contributed by atoms with van der Waals surface area (Å²) in [5, 5.41) is 2.81. The van der Waals surface area contributed by atoms with Crippen molar-refractivity contribution in [1.82, 2.24) is 10.2 Å². The van der Waals surface area contributed by atoms with Crippen LogP contribution in [-0.2, 0) is 11.3 Å². The standard InChI is InChI=1S/C24H21FN2O2/c1-16(17-9-3-2-4-10-17)27-22(19-12-6-7-13-20(19)24(27)29)23(28)26-15-18-11-5-8-14-21(18)25/h2-14,16,22H,15H2,1H3,(H,26,28). The third-order valence-electron chi connectivity index (χ3n) is 5.36. The van der Waals surface area contributed by atoms with Crippen LogP contribution in [0.2, 0.25) is 0 Å². The van der Waals surface area contributed by atoms with Crippen molar-refractivity contribution in [2.45, 2.75) is 25.6 Å². The molecule has 0 saturated heterocycles. The third-order valence-corrected chi connectivity index (χ3v) is 5.36. The summed E-state index contributed by atoms with van der Waals surface area (Å²) in [7, 11) is 0. The fourth-order valence-electron chi connectivity index (χ4n) is 3.82. The molecule has 2 amide bonds. The van der Waals surface area contributed by atoms with Crippen molar-refractivity contribution in [3.8, 4) is 0 Å². The fraction of sp³-hybridized carbons (Fsp3) is 0.167. The Morgan fingerprint density at radius 3 is 2.41 bits per heavy atom. The van der Waals surface area contributed by atoms with Crippen molar-refractivity contribution in [2.24, 2.45) is 0 Å². The van der Waals surface area contributed by atoms with E-state index in [9.17, 15) is 14.0 Å². The molecule has 1 heterocycles. The molecule has 5 heteroatoms. The van der Waals surface area contributed by atoms with E-state index >= 15 is 0 Å². The van der Waals surface area contributed by atoms with Crippen LogP contribution in [-0.4, -0.2) is 16.7 Å². The molecule has 1 aliphatic heterocycles. The van der Waals surface area contributed by atoms with Crippen LogP contribution in [0.15, 0.2) is 78.9 Å². The molecule has 0 spiro atoms. The first kappa shape index (κ1) is 18.9. The van der Waals surface area contributed by atoms with E-state index in [1.807, 2.05) is 43.3 Å². The Balaban J connectivity index is 1.65. The van der Waals surface area contributed by atoms with Gasteiger partial charge in [0, 0.05) is 17.7 Å². The smallest absolute Gasteiger partial charge is 0.255 e. The summed E-state index contributed by atoms with van der Waals surface area (Å²) < 4.78 is 13.9. The van der Waals surface area contributed by atoms with E-state index in [4.69, 9.17) is 0 Å². The van der Waals surface area contributed by atoms with Crippen LogP contribution in [0.4, 0.5) is 4.39 Å². The predicted molar refractivity (Wildman–Crippen MR) is 108 cm³/mol. The zero-order valence-corrected chi connectivity index (χ0v) is 16.0. The highest BCUT2D eigenvalue weighted by Gasteiger charge is 2.43. The Morgan fingerprint density at radius 2 is 1.66 bits per heavy atom. The molecule has 0 aliphatic carbocycles. The Kier molecular flexibility index (Phi) is 5.12. The van der Waals surface area contributed by atoms with Crippen molar-refractivity contribution in [2.75, 3.05) is 0 Å². The molecule has 29 heavy (non-hydrogen) atoms. The lowest BCUT2D eigenvalue weighted by atomic mass is 10.0. The first-order valence-corrected chi connectivity index (χ1v) is 9.55. The van der Waals surface area contributed by atoms with Gasteiger partial charge in [-0.2, -0.15) is 0 Å². The summed E-state index contributed by atoms with van der Waals surface area (Å²) in [6.45, 7) is 1.97. The lowest BCUT2D eigenvalue weighted by Gasteiger charge is -2.31. The Bertz CT molecular complexity index is 1050. The van der Waals surface area contributed by atoms with E-state index in [1.165, 1.54) is 6.07 Å². The van der Waals surface area contributed by atoms with Gasteiger partial charge in [-0.15, -0.1) is 0 Å². The van der Waals surface area contributed by atoms with Gasteiger partial charge < -0.3 is 10.2 Å². The third kappa shape index (κ3) is 3.51. The van der Waals surface area contributed by atoms with Gasteiger partial charge in [-0.25, -0.2) is 4.39 Å². The first-order valence-electron chi connectivity index (χ1n) is 9.55. The molecule has 2 unspecified atom stereocenters. The number of rotatable bonds is 5. The van der Waals surface area contributed by atoms with E-state index in [0.717, 1.165) is 5.56 Å². The second-order valence-corrected chi connectivity index (χ2v) is 7.10.